The number of aromatic nitrogens is 2. The van der Waals surface area contributed by atoms with E-state index >= 15 is 0 Å². The number of sulfonamides is 1. The van der Waals surface area contributed by atoms with Gasteiger partial charge in [0.05, 0.1) is 28.5 Å². The Hall–Kier alpha value is -3.33. The maximum atomic E-state index is 12.7. The first kappa shape index (κ1) is 27.7. The summed E-state index contributed by atoms with van der Waals surface area (Å²) in [5, 5.41) is 13.5. The first-order chi connectivity index (χ1) is 18.3. The van der Waals surface area contributed by atoms with Crippen LogP contribution < -0.4 is 10.6 Å². The third-order valence-electron chi connectivity index (χ3n) is 5.47. The van der Waals surface area contributed by atoms with Gasteiger partial charge < -0.3 is 10.1 Å². The van der Waals surface area contributed by atoms with Crippen molar-refractivity contribution < 1.29 is 27.5 Å². The number of para-hydroxylation sites is 1. The molecule has 0 aliphatic carbocycles. The summed E-state index contributed by atoms with van der Waals surface area (Å²) in [6, 6.07) is 12.3. The average Bonchev–Trinajstić information content (AvgIpc) is 3.61. The van der Waals surface area contributed by atoms with Crippen LogP contribution in [0.5, 0.6) is 0 Å². The Balaban J connectivity index is 1.30. The highest BCUT2D eigenvalue weighted by Gasteiger charge is 2.27. The fourth-order valence-electron chi connectivity index (χ4n) is 3.64. The number of carbonyl (C=O) groups excluding carboxylic acids is 3. The number of nitrogens with one attached hydrogen (secondary N) is 2. The average molecular weight is 576 g/mol. The Bertz CT molecular complexity index is 1420. The second-order valence-corrected chi connectivity index (χ2v) is 12.2. The van der Waals surface area contributed by atoms with E-state index in [9.17, 15) is 22.8 Å². The van der Waals surface area contributed by atoms with Gasteiger partial charge in [-0.3, -0.25) is 14.9 Å². The first-order valence-electron chi connectivity index (χ1n) is 11.7. The Morgan fingerprint density at radius 2 is 1.74 bits per heavy atom. The van der Waals surface area contributed by atoms with Crippen molar-refractivity contribution >= 4 is 61.7 Å². The molecule has 11 nitrogen and oxygen atoms in total. The number of anilines is 2. The van der Waals surface area contributed by atoms with Gasteiger partial charge in [-0.05, 0) is 56.2 Å². The first-order valence-corrected chi connectivity index (χ1v) is 15.0. The maximum Gasteiger partial charge on any atom is 0.340 e. The van der Waals surface area contributed by atoms with E-state index in [4.69, 9.17) is 4.74 Å². The SMILES string of the molecule is CCOC(=O)c1ccccc1NC(=O)CSc1nnc(NC(=O)c2ccc(S(=O)(=O)N3CCCC3)cc2)s1. The van der Waals surface area contributed by atoms with Gasteiger partial charge in [-0.15, -0.1) is 10.2 Å². The van der Waals surface area contributed by atoms with Gasteiger partial charge >= 0.3 is 5.97 Å². The lowest BCUT2D eigenvalue weighted by atomic mass is 10.2. The van der Waals surface area contributed by atoms with Crippen molar-refractivity contribution in [3.05, 3.63) is 59.7 Å². The molecule has 2 heterocycles. The fourth-order valence-corrected chi connectivity index (χ4v) is 6.70. The number of amides is 2. The van der Waals surface area contributed by atoms with Gasteiger partial charge in [0.1, 0.15) is 0 Å². The Morgan fingerprint density at radius 3 is 2.45 bits per heavy atom. The van der Waals surface area contributed by atoms with Crippen LogP contribution in [0.4, 0.5) is 10.8 Å². The van der Waals surface area contributed by atoms with Crippen LogP contribution in [-0.4, -0.2) is 66.2 Å². The van der Waals surface area contributed by atoms with Crippen LogP contribution >= 0.6 is 23.1 Å². The minimum Gasteiger partial charge on any atom is -0.462 e. The van der Waals surface area contributed by atoms with Crippen molar-refractivity contribution in [2.75, 3.05) is 36.1 Å². The molecule has 2 amide bonds. The molecule has 3 aromatic rings. The van der Waals surface area contributed by atoms with Crippen LogP contribution in [0.15, 0.2) is 57.8 Å². The molecule has 1 aliphatic rings. The molecule has 0 unspecified atom stereocenters. The van der Waals surface area contributed by atoms with Gasteiger partial charge in [0.25, 0.3) is 5.91 Å². The van der Waals surface area contributed by atoms with Crippen molar-refractivity contribution in [2.45, 2.75) is 29.0 Å². The largest absolute Gasteiger partial charge is 0.462 e. The third-order valence-corrected chi connectivity index (χ3v) is 9.35. The van der Waals surface area contributed by atoms with E-state index in [0.717, 1.165) is 35.9 Å². The van der Waals surface area contributed by atoms with Crippen LogP contribution in [0.1, 0.15) is 40.5 Å². The molecule has 200 valence electrons. The molecule has 0 radical (unpaired) electrons. The Labute approximate surface area is 228 Å². The summed E-state index contributed by atoms with van der Waals surface area (Å²) in [5.41, 5.74) is 0.880. The molecule has 0 atom stereocenters. The molecule has 2 aromatic carbocycles. The molecular weight excluding hydrogens is 550 g/mol. The van der Waals surface area contributed by atoms with E-state index in [2.05, 4.69) is 20.8 Å². The summed E-state index contributed by atoms with van der Waals surface area (Å²) >= 11 is 2.22. The predicted octanol–water partition coefficient (Wildman–Crippen LogP) is 3.48. The molecule has 4 rings (SSSR count). The number of benzene rings is 2. The third kappa shape index (κ3) is 6.75. The van der Waals surface area contributed by atoms with Crippen molar-refractivity contribution in [3.63, 3.8) is 0 Å². The summed E-state index contributed by atoms with van der Waals surface area (Å²) in [6.07, 6.45) is 1.69. The Morgan fingerprint density at radius 1 is 1.03 bits per heavy atom. The van der Waals surface area contributed by atoms with Gasteiger partial charge in [-0.25, -0.2) is 13.2 Å². The molecule has 1 aromatic heterocycles. The highest BCUT2D eigenvalue weighted by molar-refractivity contribution is 8.01. The number of nitrogens with zero attached hydrogens (tertiary/aromatic N) is 3. The van der Waals surface area contributed by atoms with Crippen molar-refractivity contribution in [3.8, 4) is 0 Å². The van der Waals surface area contributed by atoms with E-state index < -0.39 is 21.9 Å². The molecule has 1 fully saturated rings. The van der Waals surface area contributed by atoms with Crippen LogP contribution in [0.25, 0.3) is 0 Å². The number of ether oxygens (including phenoxy) is 1. The van der Waals surface area contributed by atoms with Gasteiger partial charge in [0.15, 0.2) is 4.34 Å². The minimum atomic E-state index is -3.56. The van der Waals surface area contributed by atoms with Crippen LogP contribution in [0.2, 0.25) is 0 Å². The monoisotopic (exact) mass is 575 g/mol. The molecule has 1 saturated heterocycles. The van der Waals surface area contributed by atoms with Crippen molar-refractivity contribution in [1.82, 2.24) is 14.5 Å². The summed E-state index contributed by atoms with van der Waals surface area (Å²) < 4.78 is 32.2. The van der Waals surface area contributed by atoms with E-state index in [-0.39, 0.29) is 39.4 Å². The fraction of sp³-hybridized carbons (Fsp3) is 0.292. The van der Waals surface area contributed by atoms with Gasteiger partial charge in [0, 0.05) is 18.7 Å². The number of thioether (sulfide) groups is 1. The number of rotatable bonds is 10. The molecule has 0 spiro atoms. The zero-order valence-corrected chi connectivity index (χ0v) is 22.8. The van der Waals surface area contributed by atoms with Crippen molar-refractivity contribution in [1.29, 1.82) is 0 Å². The molecule has 14 heteroatoms. The second-order valence-electron chi connectivity index (χ2n) is 8.07. The molecule has 38 heavy (non-hydrogen) atoms. The summed E-state index contributed by atoms with van der Waals surface area (Å²) in [7, 11) is -3.56. The predicted molar refractivity (Wildman–Crippen MR) is 144 cm³/mol. The molecule has 0 saturated carbocycles. The maximum absolute atomic E-state index is 12.7. The summed E-state index contributed by atoms with van der Waals surface area (Å²) in [6.45, 7) is 2.93. The number of hydrogen-bond acceptors (Lipinski definition) is 10. The van der Waals surface area contributed by atoms with Gasteiger partial charge in [-0.2, -0.15) is 4.31 Å². The van der Waals surface area contributed by atoms with Crippen LogP contribution in [-0.2, 0) is 19.6 Å². The van der Waals surface area contributed by atoms with E-state index in [1.54, 1.807) is 31.2 Å². The topological polar surface area (TPSA) is 148 Å². The second kappa shape index (κ2) is 12.5. The molecule has 1 aliphatic heterocycles. The molecule has 2 N–H and O–H groups in total. The lowest BCUT2D eigenvalue weighted by Crippen LogP contribution is -2.27. The van der Waals surface area contributed by atoms with Gasteiger partial charge in [-0.1, -0.05) is 35.2 Å². The molecular formula is C24H25N5O6S3. The quantitative estimate of drug-likeness (QED) is 0.211. The summed E-state index contributed by atoms with van der Waals surface area (Å²) in [4.78, 5) is 37.3. The zero-order chi connectivity index (χ0) is 27.1. The minimum absolute atomic E-state index is 0.00664. The van der Waals surface area contributed by atoms with Crippen LogP contribution in [0, 0.1) is 0 Å². The smallest absolute Gasteiger partial charge is 0.340 e. The van der Waals surface area contributed by atoms with E-state index in [1.165, 1.54) is 28.6 Å². The van der Waals surface area contributed by atoms with E-state index in [1.807, 2.05) is 0 Å². The number of hydrogen-bond donors (Lipinski definition) is 2. The lowest BCUT2D eigenvalue weighted by Gasteiger charge is -2.15. The normalized spacial score (nSPS) is 13.7. The number of esters is 1. The molecule has 0 bridgehead atoms. The highest BCUT2D eigenvalue weighted by atomic mass is 32.2. The number of carbonyl (C=O) groups is 3. The Kier molecular flexibility index (Phi) is 9.09. The highest BCUT2D eigenvalue weighted by Crippen LogP contribution is 2.27. The van der Waals surface area contributed by atoms with Gasteiger partial charge in [0.2, 0.25) is 21.1 Å². The van der Waals surface area contributed by atoms with Crippen molar-refractivity contribution in [2.24, 2.45) is 0 Å². The lowest BCUT2D eigenvalue weighted by molar-refractivity contribution is -0.113. The van der Waals surface area contributed by atoms with E-state index in [0.29, 0.717) is 23.1 Å². The zero-order valence-electron chi connectivity index (χ0n) is 20.4. The summed E-state index contributed by atoms with van der Waals surface area (Å²) in [5.74, 6) is -1.33. The standard InChI is InChI=1S/C24H25N5O6S3/c1-2-35-22(32)18-7-3-4-8-19(18)25-20(30)15-36-24-28-27-23(37-24)26-21(31)16-9-11-17(12-10-16)38(33,34)29-13-5-6-14-29/h3-4,7-12H,2,5-6,13-15H2,1H3,(H,25,30)(H,26,27,31). The van der Waals surface area contributed by atoms with Crippen LogP contribution in [0.3, 0.4) is 0 Å².